The Morgan fingerprint density at radius 2 is 1.97 bits per heavy atom. The lowest BCUT2D eigenvalue weighted by Crippen LogP contribution is -2.37. The largest absolute Gasteiger partial charge is 0.393 e. The van der Waals surface area contributed by atoms with Crippen molar-refractivity contribution in [3.63, 3.8) is 0 Å². The molecule has 0 saturated heterocycles. The van der Waals surface area contributed by atoms with Gasteiger partial charge in [0.05, 0.1) is 23.9 Å². The van der Waals surface area contributed by atoms with Crippen molar-refractivity contribution in [3.8, 4) is 0 Å². The van der Waals surface area contributed by atoms with Crippen LogP contribution in [0.1, 0.15) is 57.4 Å². The second-order valence-electron chi connectivity index (χ2n) is 10.6. The Hall–Kier alpha value is -2.21. The standard InChI is InChI=1S/C26H30N2O2.C2H7N/c1-26-13-25(30)21-11-18-10-19(29)6-4-15(18)5-7-20(21)23(26)9-8-22(26)16-2-3-17-14-27-28-24(17)12-16;1-3-2/h2-3,8,11-12,14-15,19,23,25,29-30H,4-7,9-10,13H2,1H3,(H,27,28);3H,1-2H3. The maximum Gasteiger partial charge on any atom is 0.0798 e. The molecule has 2 aromatic rings. The first kappa shape index (κ1) is 22.6. The van der Waals surface area contributed by atoms with Gasteiger partial charge in [0.2, 0.25) is 0 Å². The molecule has 4 aliphatic carbocycles. The van der Waals surface area contributed by atoms with E-state index in [1.54, 1.807) is 0 Å². The van der Waals surface area contributed by atoms with Gasteiger partial charge in [0.15, 0.2) is 0 Å². The first-order valence-corrected chi connectivity index (χ1v) is 12.5. The Bertz CT molecular complexity index is 1130. The molecule has 4 N–H and O–H groups in total. The summed E-state index contributed by atoms with van der Waals surface area (Å²) in [6, 6.07) is 6.56. The van der Waals surface area contributed by atoms with E-state index in [0.717, 1.165) is 55.8 Å². The summed E-state index contributed by atoms with van der Waals surface area (Å²) in [6.07, 6.45) is 12.8. The third-order valence-electron chi connectivity index (χ3n) is 8.41. The van der Waals surface area contributed by atoms with Gasteiger partial charge in [-0.1, -0.05) is 42.4 Å². The third-order valence-corrected chi connectivity index (χ3v) is 8.41. The summed E-state index contributed by atoms with van der Waals surface area (Å²) in [5, 5.41) is 32.6. The van der Waals surface area contributed by atoms with Crippen LogP contribution >= 0.6 is 0 Å². The van der Waals surface area contributed by atoms with Gasteiger partial charge >= 0.3 is 0 Å². The van der Waals surface area contributed by atoms with Gasteiger partial charge in [-0.05, 0) is 93.7 Å². The molecule has 176 valence electrons. The second kappa shape index (κ2) is 8.86. The van der Waals surface area contributed by atoms with E-state index >= 15 is 0 Å². The highest BCUT2D eigenvalue weighted by molar-refractivity contribution is 5.84. The summed E-state index contributed by atoms with van der Waals surface area (Å²) >= 11 is 0. The summed E-state index contributed by atoms with van der Waals surface area (Å²) in [6.45, 7) is 2.36. The van der Waals surface area contributed by atoms with E-state index in [9.17, 15) is 10.2 Å². The maximum atomic E-state index is 11.3. The number of aliphatic hydroxyl groups excluding tert-OH is 2. The van der Waals surface area contributed by atoms with Crippen molar-refractivity contribution in [2.24, 2.45) is 17.3 Å². The number of aromatic nitrogens is 2. The first-order valence-electron chi connectivity index (χ1n) is 12.5. The van der Waals surface area contributed by atoms with Gasteiger partial charge in [-0.25, -0.2) is 0 Å². The quantitative estimate of drug-likeness (QED) is 0.509. The Kier molecular flexibility index (Phi) is 6.06. The van der Waals surface area contributed by atoms with Crippen LogP contribution in [0.15, 0.2) is 53.3 Å². The SMILES string of the molecule is CC12CC(O)C3=C(CCC4CCC(O)CC4=C3)C1CC=C2c1ccc2cn[nH]c2c1.CNC. The lowest BCUT2D eigenvalue weighted by molar-refractivity contribution is 0.124. The van der Waals surface area contributed by atoms with Crippen molar-refractivity contribution in [2.75, 3.05) is 14.1 Å². The summed E-state index contributed by atoms with van der Waals surface area (Å²) in [4.78, 5) is 0. The van der Waals surface area contributed by atoms with Crippen LogP contribution < -0.4 is 5.32 Å². The van der Waals surface area contributed by atoms with Crippen LogP contribution in [0.4, 0.5) is 0 Å². The molecule has 5 heteroatoms. The number of fused-ring (bicyclic) bond motifs is 4. The molecule has 0 bridgehead atoms. The van der Waals surface area contributed by atoms with Crippen molar-refractivity contribution in [1.82, 2.24) is 15.5 Å². The van der Waals surface area contributed by atoms with Crippen molar-refractivity contribution in [3.05, 3.63) is 58.8 Å². The van der Waals surface area contributed by atoms with E-state index in [-0.39, 0.29) is 11.5 Å². The molecule has 6 rings (SSSR count). The topological polar surface area (TPSA) is 81.2 Å². The van der Waals surface area contributed by atoms with E-state index in [1.807, 2.05) is 20.3 Å². The van der Waals surface area contributed by atoms with Crippen LogP contribution in [0.2, 0.25) is 0 Å². The second-order valence-corrected chi connectivity index (χ2v) is 10.6. The fraction of sp³-hybridized carbons (Fsp3) is 0.536. The highest BCUT2D eigenvalue weighted by Crippen LogP contribution is 2.59. The van der Waals surface area contributed by atoms with Gasteiger partial charge in [0.25, 0.3) is 0 Å². The summed E-state index contributed by atoms with van der Waals surface area (Å²) in [7, 11) is 3.75. The number of nitrogens with zero attached hydrogens (tertiary/aromatic N) is 1. The lowest BCUT2D eigenvalue weighted by atomic mass is 9.61. The number of aliphatic hydroxyl groups is 2. The molecular weight excluding hydrogens is 410 g/mol. The van der Waals surface area contributed by atoms with E-state index < -0.39 is 6.10 Å². The summed E-state index contributed by atoms with van der Waals surface area (Å²) in [5.74, 6) is 1.04. The minimum absolute atomic E-state index is 0.0422. The number of hydrogen-bond acceptors (Lipinski definition) is 4. The van der Waals surface area contributed by atoms with Crippen LogP contribution in [-0.2, 0) is 0 Å². The molecule has 1 fully saturated rings. The van der Waals surface area contributed by atoms with Gasteiger partial charge in [0.1, 0.15) is 0 Å². The zero-order chi connectivity index (χ0) is 23.2. The smallest absolute Gasteiger partial charge is 0.0798 e. The maximum absolute atomic E-state index is 11.3. The van der Waals surface area contributed by atoms with Crippen molar-refractivity contribution in [2.45, 2.75) is 64.1 Å². The number of aromatic amines is 1. The molecule has 0 spiro atoms. The first-order chi connectivity index (χ1) is 15.9. The Morgan fingerprint density at radius 3 is 2.79 bits per heavy atom. The van der Waals surface area contributed by atoms with E-state index in [0.29, 0.717) is 11.8 Å². The number of rotatable bonds is 1. The van der Waals surface area contributed by atoms with Crippen LogP contribution in [0.25, 0.3) is 16.5 Å². The Labute approximate surface area is 196 Å². The minimum atomic E-state index is -0.427. The van der Waals surface area contributed by atoms with Gasteiger partial charge in [0, 0.05) is 10.8 Å². The van der Waals surface area contributed by atoms with Gasteiger partial charge in [-0.3, -0.25) is 5.10 Å². The zero-order valence-corrected chi connectivity index (χ0v) is 20.1. The minimum Gasteiger partial charge on any atom is -0.393 e. The molecule has 33 heavy (non-hydrogen) atoms. The van der Waals surface area contributed by atoms with Crippen molar-refractivity contribution >= 4 is 16.5 Å². The molecule has 0 radical (unpaired) electrons. The predicted octanol–water partition coefficient (Wildman–Crippen LogP) is 4.75. The number of nitrogens with one attached hydrogen (secondary N) is 2. The Balaban J connectivity index is 0.000000724. The highest BCUT2D eigenvalue weighted by atomic mass is 16.3. The molecule has 5 atom stereocenters. The van der Waals surface area contributed by atoms with Gasteiger partial charge in [-0.2, -0.15) is 5.10 Å². The van der Waals surface area contributed by atoms with Crippen LogP contribution in [-0.4, -0.2) is 46.7 Å². The number of H-pyrrole nitrogens is 1. The fourth-order valence-corrected chi connectivity index (χ4v) is 6.84. The van der Waals surface area contributed by atoms with E-state index in [1.165, 1.54) is 27.9 Å². The summed E-state index contributed by atoms with van der Waals surface area (Å²) in [5.41, 5.74) is 7.66. The molecular formula is C28H37N3O2. The van der Waals surface area contributed by atoms with Gasteiger partial charge < -0.3 is 15.5 Å². The molecule has 1 saturated carbocycles. The average Bonchev–Trinajstić information content (AvgIpc) is 3.33. The zero-order valence-electron chi connectivity index (χ0n) is 20.1. The molecule has 5 nitrogen and oxygen atoms in total. The lowest BCUT2D eigenvalue weighted by Gasteiger charge is -2.43. The molecule has 4 aliphatic rings. The number of hydrogen-bond donors (Lipinski definition) is 4. The predicted molar refractivity (Wildman–Crippen MR) is 134 cm³/mol. The molecule has 0 aliphatic heterocycles. The van der Waals surface area contributed by atoms with E-state index in [2.05, 4.69) is 52.8 Å². The molecule has 1 heterocycles. The fourth-order valence-electron chi connectivity index (χ4n) is 6.84. The summed E-state index contributed by atoms with van der Waals surface area (Å²) < 4.78 is 0. The van der Waals surface area contributed by atoms with Crippen LogP contribution in [0, 0.1) is 17.3 Å². The highest BCUT2D eigenvalue weighted by Gasteiger charge is 2.49. The molecule has 1 aromatic heterocycles. The molecule has 0 amide bonds. The van der Waals surface area contributed by atoms with Crippen molar-refractivity contribution < 1.29 is 10.2 Å². The van der Waals surface area contributed by atoms with Gasteiger partial charge in [-0.15, -0.1) is 0 Å². The Morgan fingerprint density at radius 1 is 1.15 bits per heavy atom. The molecule has 1 aromatic carbocycles. The monoisotopic (exact) mass is 447 g/mol. The normalized spacial score (nSPS) is 33.2. The number of allylic oxidation sites excluding steroid dienone is 3. The number of benzene rings is 1. The molecule has 5 unspecified atom stereocenters. The van der Waals surface area contributed by atoms with Crippen LogP contribution in [0.5, 0.6) is 0 Å². The average molecular weight is 448 g/mol. The van der Waals surface area contributed by atoms with Crippen molar-refractivity contribution in [1.29, 1.82) is 0 Å². The van der Waals surface area contributed by atoms with E-state index in [4.69, 9.17) is 0 Å². The van der Waals surface area contributed by atoms with Crippen LogP contribution in [0.3, 0.4) is 0 Å². The third kappa shape index (κ3) is 3.90.